The molecule has 2 aromatic carbocycles. The van der Waals surface area contributed by atoms with E-state index in [1.54, 1.807) is 12.1 Å². The summed E-state index contributed by atoms with van der Waals surface area (Å²) in [6.45, 7) is 0. The molecule has 1 heterocycles. The van der Waals surface area contributed by atoms with Gasteiger partial charge in [-0.1, -0.05) is 42.5 Å². The van der Waals surface area contributed by atoms with E-state index >= 15 is 0 Å². The Morgan fingerprint density at radius 3 is 2.38 bits per heavy atom. The van der Waals surface area contributed by atoms with Crippen LogP contribution in [0.3, 0.4) is 0 Å². The lowest BCUT2D eigenvalue weighted by Gasteiger charge is -2.05. The molecule has 0 aliphatic carbocycles. The smallest absolute Gasteiger partial charge is 0.290 e. The molecule has 2 amide bonds. The second-order valence-corrected chi connectivity index (χ2v) is 5.51. The van der Waals surface area contributed by atoms with Crippen molar-refractivity contribution in [3.05, 3.63) is 59.0 Å². The summed E-state index contributed by atoms with van der Waals surface area (Å²) in [7, 11) is 0. The molecule has 104 valence electrons. The van der Waals surface area contributed by atoms with Gasteiger partial charge in [0, 0.05) is 5.56 Å². The van der Waals surface area contributed by atoms with Crippen LogP contribution < -0.4 is 5.32 Å². The first-order valence-corrected chi connectivity index (χ1v) is 7.08. The molecular weight excluding hydrogens is 286 g/mol. The van der Waals surface area contributed by atoms with Crippen LogP contribution in [0.15, 0.2) is 53.4 Å². The topological polar surface area (TPSA) is 66.4 Å². The molecule has 1 saturated heterocycles. The fourth-order valence-electron chi connectivity index (χ4n) is 2.04. The Morgan fingerprint density at radius 1 is 1.00 bits per heavy atom. The van der Waals surface area contributed by atoms with Crippen molar-refractivity contribution in [2.45, 2.75) is 0 Å². The summed E-state index contributed by atoms with van der Waals surface area (Å²) in [6, 6.07) is 14.9. The highest BCUT2D eigenvalue weighted by Gasteiger charge is 2.25. The molecule has 0 aromatic heterocycles. The van der Waals surface area contributed by atoms with E-state index < -0.39 is 11.1 Å². The number of nitrogens with one attached hydrogen (secondary N) is 1. The number of thioether (sulfide) groups is 1. The fourth-order valence-corrected chi connectivity index (χ4v) is 2.71. The number of phenols is 1. The van der Waals surface area contributed by atoms with Crippen molar-refractivity contribution in [3.63, 3.8) is 0 Å². The van der Waals surface area contributed by atoms with Crippen molar-refractivity contribution in [2.24, 2.45) is 0 Å². The molecule has 4 nitrogen and oxygen atoms in total. The van der Waals surface area contributed by atoms with Gasteiger partial charge in [-0.25, -0.2) is 0 Å². The maximum Gasteiger partial charge on any atom is 0.290 e. The Balaban J connectivity index is 1.94. The number of benzene rings is 2. The highest BCUT2D eigenvalue weighted by atomic mass is 32.2. The Morgan fingerprint density at radius 2 is 1.76 bits per heavy atom. The van der Waals surface area contributed by atoms with Gasteiger partial charge in [0.05, 0.1) is 4.91 Å². The molecule has 3 rings (SSSR count). The Bertz CT molecular complexity index is 753. The van der Waals surface area contributed by atoms with Crippen LogP contribution in [0.4, 0.5) is 4.79 Å². The first-order valence-electron chi connectivity index (χ1n) is 6.27. The molecule has 0 unspecified atom stereocenters. The minimum atomic E-state index is -0.434. The summed E-state index contributed by atoms with van der Waals surface area (Å²) in [5, 5.41) is 11.9. The van der Waals surface area contributed by atoms with Crippen LogP contribution >= 0.6 is 11.8 Å². The molecule has 5 heteroatoms. The standard InChI is InChI=1S/C16H11NO3S/c18-13-8-11(10-4-2-1-3-5-10)6-7-12(13)9-14-15(19)17-16(20)21-14/h1-9,18H,(H,17,19,20). The summed E-state index contributed by atoms with van der Waals surface area (Å²) in [4.78, 5) is 22.9. The molecule has 0 spiro atoms. The largest absolute Gasteiger partial charge is 0.507 e. The van der Waals surface area contributed by atoms with E-state index in [1.807, 2.05) is 36.4 Å². The van der Waals surface area contributed by atoms with Crippen LogP contribution in [-0.2, 0) is 4.79 Å². The summed E-state index contributed by atoms with van der Waals surface area (Å²) < 4.78 is 0. The third kappa shape index (κ3) is 2.83. The highest BCUT2D eigenvalue weighted by Crippen LogP contribution is 2.31. The lowest BCUT2D eigenvalue weighted by atomic mass is 10.0. The second kappa shape index (κ2) is 5.46. The minimum absolute atomic E-state index is 0.0663. The Labute approximate surface area is 125 Å². The predicted molar refractivity (Wildman–Crippen MR) is 82.6 cm³/mol. The molecule has 21 heavy (non-hydrogen) atoms. The van der Waals surface area contributed by atoms with Gasteiger partial charge in [-0.2, -0.15) is 0 Å². The van der Waals surface area contributed by atoms with Gasteiger partial charge in [-0.05, 0) is 35.0 Å². The molecule has 1 aliphatic heterocycles. The molecule has 2 aromatic rings. The van der Waals surface area contributed by atoms with E-state index in [9.17, 15) is 14.7 Å². The average Bonchev–Trinajstić information content (AvgIpc) is 2.80. The first-order chi connectivity index (χ1) is 10.1. The van der Waals surface area contributed by atoms with Gasteiger partial charge in [-0.15, -0.1) is 0 Å². The van der Waals surface area contributed by atoms with E-state index in [4.69, 9.17) is 0 Å². The minimum Gasteiger partial charge on any atom is -0.507 e. The monoisotopic (exact) mass is 297 g/mol. The van der Waals surface area contributed by atoms with Crippen molar-refractivity contribution >= 4 is 29.0 Å². The molecule has 2 N–H and O–H groups in total. The van der Waals surface area contributed by atoms with Crippen molar-refractivity contribution in [1.29, 1.82) is 0 Å². The van der Waals surface area contributed by atoms with Crippen LogP contribution in [0.5, 0.6) is 5.75 Å². The van der Waals surface area contributed by atoms with Gasteiger partial charge in [0.25, 0.3) is 11.1 Å². The molecular formula is C16H11NO3S. The Hall–Kier alpha value is -2.53. The number of rotatable bonds is 2. The van der Waals surface area contributed by atoms with E-state index in [-0.39, 0.29) is 10.7 Å². The SMILES string of the molecule is O=C1NC(=O)C(=Cc2ccc(-c3ccccc3)cc2O)S1. The molecule has 0 saturated carbocycles. The quantitative estimate of drug-likeness (QED) is 0.834. The third-order valence-corrected chi connectivity index (χ3v) is 3.88. The van der Waals surface area contributed by atoms with Gasteiger partial charge in [0.2, 0.25) is 0 Å². The summed E-state index contributed by atoms with van der Waals surface area (Å²) >= 11 is 0.828. The van der Waals surface area contributed by atoms with Crippen LogP contribution in [0.1, 0.15) is 5.56 Å². The van der Waals surface area contributed by atoms with Gasteiger partial charge < -0.3 is 5.11 Å². The fraction of sp³-hybridized carbons (Fsp3) is 0. The summed E-state index contributed by atoms with van der Waals surface area (Å²) in [5.41, 5.74) is 2.38. The lowest BCUT2D eigenvalue weighted by molar-refractivity contribution is -0.115. The van der Waals surface area contributed by atoms with Crippen molar-refractivity contribution < 1.29 is 14.7 Å². The van der Waals surface area contributed by atoms with E-state index in [1.165, 1.54) is 6.08 Å². The average molecular weight is 297 g/mol. The zero-order valence-corrected chi connectivity index (χ0v) is 11.7. The molecule has 1 aliphatic rings. The number of imide groups is 1. The van der Waals surface area contributed by atoms with Crippen LogP contribution in [0.2, 0.25) is 0 Å². The zero-order chi connectivity index (χ0) is 14.8. The predicted octanol–water partition coefficient (Wildman–Crippen LogP) is 3.38. The normalized spacial score (nSPS) is 16.3. The number of aromatic hydroxyl groups is 1. The van der Waals surface area contributed by atoms with Crippen molar-refractivity contribution in [3.8, 4) is 16.9 Å². The second-order valence-electron chi connectivity index (χ2n) is 4.49. The number of carbonyl (C=O) groups excluding carboxylic acids is 2. The van der Waals surface area contributed by atoms with Crippen LogP contribution in [-0.4, -0.2) is 16.3 Å². The number of carbonyl (C=O) groups is 2. The van der Waals surface area contributed by atoms with Crippen molar-refractivity contribution in [1.82, 2.24) is 5.32 Å². The van der Waals surface area contributed by atoms with E-state index in [0.717, 1.165) is 22.9 Å². The van der Waals surface area contributed by atoms with Crippen molar-refractivity contribution in [2.75, 3.05) is 0 Å². The summed E-state index contributed by atoms with van der Waals surface area (Å²) in [6.07, 6.45) is 1.51. The molecule has 0 bridgehead atoms. The van der Waals surface area contributed by atoms with Gasteiger partial charge in [0.15, 0.2) is 0 Å². The molecule has 0 radical (unpaired) electrons. The van der Waals surface area contributed by atoms with Gasteiger partial charge in [-0.3, -0.25) is 14.9 Å². The number of hydrogen-bond acceptors (Lipinski definition) is 4. The third-order valence-electron chi connectivity index (χ3n) is 3.07. The maximum absolute atomic E-state index is 11.5. The number of phenolic OH excluding ortho intramolecular Hbond substituents is 1. The van der Waals surface area contributed by atoms with Crippen LogP contribution in [0, 0.1) is 0 Å². The Kier molecular flexibility index (Phi) is 3.50. The van der Waals surface area contributed by atoms with E-state index in [2.05, 4.69) is 5.32 Å². The van der Waals surface area contributed by atoms with Gasteiger partial charge in [0.1, 0.15) is 5.75 Å². The maximum atomic E-state index is 11.5. The highest BCUT2D eigenvalue weighted by molar-refractivity contribution is 8.18. The summed E-state index contributed by atoms with van der Waals surface area (Å²) in [5.74, 6) is -0.367. The number of hydrogen-bond donors (Lipinski definition) is 2. The first kappa shape index (κ1) is 13.5. The molecule has 1 fully saturated rings. The lowest BCUT2D eigenvalue weighted by Crippen LogP contribution is -2.17. The van der Waals surface area contributed by atoms with E-state index in [0.29, 0.717) is 5.56 Å². The zero-order valence-electron chi connectivity index (χ0n) is 10.9. The van der Waals surface area contributed by atoms with Crippen LogP contribution in [0.25, 0.3) is 17.2 Å². The molecule has 0 atom stereocenters. The van der Waals surface area contributed by atoms with Gasteiger partial charge >= 0.3 is 0 Å². The number of amides is 2.